The number of nitrogens with two attached hydrogens (primary N) is 1. The van der Waals surface area contributed by atoms with Crippen LogP contribution in [0.15, 0.2) is 36.4 Å². The van der Waals surface area contributed by atoms with Gasteiger partial charge in [-0.15, -0.1) is 0 Å². The van der Waals surface area contributed by atoms with Gasteiger partial charge in [-0.25, -0.2) is 0 Å². The summed E-state index contributed by atoms with van der Waals surface area (Å²) in [4.78, 5) is 0. The van der Waals surface area contributed by atoms with E-state index in [1.165, 1.54) is 22.3 Å². The zero-order valence-electron chi connectivity index (χ0n) is 13.2. The van der Waals surface area contributed by atoms with Crippen molar-refractivity contribution in [3.8, 4) is 5.75 Å². The first-order valence-corrected chi connectivity index (χ1v) is 7.50. The zero-order valence-corrected chi connectivity index (χ0v) is 13.2. The predicted octanol–water partition coefficient (Wildman–Crippen LogP) is 4.07. The molecule has 2 aromatic carbocycles. The SMILES string of the molecule is Cc1ccc(C)c(C(N)c2ccc3c(c2)CC(C)(C)O3)c1. The lowest BCUT2D eigenvalue weighted by atomic mass is 9.92. The largest absolute Gasteiger partial charge is 0.487 e. The Morgan fingerprint density at radius 3 is 2.62 bits per heavy atom. The van der Waals surface area contributed by atoms with Crippen molar-refractivity contribution < 1.29 is 4.74 Å². The van der Waals surface area contributed by atoms with Crippen molar-refractivity contribution in [1.29, 1.82) is 0 Å². The number of ether oxygens (including phenoxy) is 1. The zero-order chi connectivity index (χ0) is 15.2. The molecular formula is C19H23NO. The Labute approximate surface area is 126 Å². The normalized spacial score (nSPS) is 17.2. The molecule has 0 fully saturated rings. The second kappa shape index (κ2) is 4.88. The average molecular weight is 281 g/mol. The van der Waals surface area contributed by atoms with E-state index >= 15 is 0 Å². The van der Waals surface area contributed by atoms with Crippen LogP contribution in [-0.4, -0.2) is 5.60 Å². The van der Waals surface area contributed by atoms with Gasteiger partial charge in [0, 0.05) is 6.42 Å². The van der Waals surface area contributed by atoms with Gasteiger partial charge in [0.1, 0.15) is 11.4 Å². The number of fused-ring (bicyclic) bond motifs is 1. The van der Waals surface area contributed by atoms with E-state index < -0.39 is 0 Å². The van der Waals surface area contributed by atoms with E-state index in [4.69, 9.17) is 10.5 Å². The molecule has 0 saturated carbocycles. The van der Waals surface area contributed by atoms with Crippen LogP contribution >= 0.6 is 0 Å². The van der Waals surface area contributed by atoms with Crippen molar-refractivity contribution in [2.75, 3.05) is 0 Å². The van der Waals surface area contributed by atoms with Crippen molar-refractivity contribution in [3.63, 3.8) is 0 Å². The van der Waals surface area contributed by atoms with Gasteiger partial charge in [0.15, 0.2) is 0 Å². The molecule has 2 aromatic rings. The van der Waals surface area contributed by atoms with Crippen molar-refractivity contribution in [2.24, 2.45) is 5.73 Å². The summed E-state index contributed by atoms with van der Waals surface area (Å²) in [5.41, 5.74) is 12.5. The van der Waals surface area contributed by atoms with Crippen LogP contribution in [0.3, 0.4) is 0 Å². The molecule has 2 nitrogen and oxygen atoms in total. The fourth-order valence-corrected chi connectivity index (χ4v) is 3.10. The maximum atomic E-state index is 6.51. The molecule has 1 aliphatic rings. The van der Waals surface area contributed by atoms with Crippen LogP contribution < -0.4 is 10.5 Å². The molecule has 110 valence electrons. The second-order valence-corrected chi connectivity index (χ2v) is 6.74. The molecule has 0 bridgehead atoms. The van der Waals surface area contributed by atoms with Crippen LogP contribution in [0.5, 0.6) is 5.75 Å². The summed E-state index contributed by atoms with van der Waals surface area (Å²) in [5, 5.41) is 0. The van der Waals surface area contributed by atoms with E-state index in [2.05, 4.69) is 64.1 Å². The molecule has 1 unspecified atom stereocenters. The lowest BCUT2D eigenvalue weighted by Crippen LogP contribution is -2.24. The first-order valence-electron chi connectivity index (χ1n) is 7.50. The Hall–Kier alpha value is -1.80. The molecule has 2 heteroatoms. The smallest absolute Gasteiger partial charge is 0.123 e. The molecule has 1 aliphatic heterocycles. The molecule has 2 N–H and O–H groups in total. The maximum absolute atomic E-state index is 6.51. The monoisotopic (exact) mass is 281 g/mol. The third-order valence-electron chi connectivity index (χ3n) is 4.22. The molecular weight excluding hydrogens is 258 g/mol. The van der Waals surface area contributed by atoms with E-state index in [0.717, 1.165) is 17.7 Å². The minimum atomic E-state index is -0.107. The first-order chi connectivity index (χ1) is 9.85. The number of benzene rings is 2. The molecule has 0 aliphatic carbocycles. The van der Waals surface area contributed by atoms with Crippen LogP contribution in [0.4, 0.5) is 0 Å². The number of rotatable bonds is 2. The highest BCUT2D eigenvalue weighted by Gasteiger charge is 2.30. The molecule has 0 amide bonds. The summed E-state index contributed by atoms with van der Waals surface area (Å²) in [6.45, 7) is 8.47. The number of aryl methyl sites for hydroxylation is 2. The van der Waals surface area contributed by atoms with Gasteiger partial charge >= 0.3 is 0 Å². The fraction of sp³-hybridized carbons (Fsp3) is 0.368. The van der Waals surface area contributed by atoms with Gasteiger partial charge < -0.3 is 10.5 Å². The van der Waals surface area contributed by atoms with Crippen molar-refractivity contribution >= 4 is 0 Å². The fourth-order valence-electron chi connectivity index (χ4n) is 3.10. The van der Waals surface area contributed by atoms with E-state index in [1.54, 1.807) is 0 Å². The summed E-state index contributed by atoms with van der Waals surface area (Å²) in [6.07, 6.45) is 0.940. The molecule has 0 aromatic heterocycles. The van der Waals surface area contributed by atoms with Crippen LogP contribution in [0.25, 0.3) is 0 Å². The highest BCUT2D eigenvalue weighted by atomic mass is 16.5. The van der Waals surface area contributed by atoms with E-state index in [0.29, 0.717) is 0 Å². The van der Waals surface area contributed by atoms with E-state index in [9.17, 15) is 0 Å². The summed E-state index contributed by atoms with van der Waals surface area (Å²) < 4.78 is 5.94. The Kier molecular flexibility index (Phi) is 3.29. The third kappa shape index (κ3) is 2.68. The Morgan fingerprint density at radius 2 is 1.86 bits per heavy atom. The van der Waals surface area contributed by atoms with Crippen LogP contribution in [-0.2, 0) is 6.42 Å². The first kappa shape index (κ1) is 14.2. The van der Waals surface area contributed by atoms with Crippen molar-refractivity contribution in [1.82, 2.24) is 0 Å². The van der Waals surface area contributed by atoms with Gasteiger partial charge in [-0.3, -0.25) is 0 Å². The van der Waals surface area contributed by atoms with Crippen molar-refractivity contribution in [2.45, 2.75) is 45.8 Å². The van der Waals surface area contributed by atoms with Crippen LogP contribution in [0.2, 0.25) is 0 Å². The van der Waals surface area contributed by atoms with Gasteiger partial charge in [0.05, 0.1) is 6.04 Å². The van der Waals surface area contributed by atoms with Crippen molar-refractivity contribution in [3.05, 3.63) is 64.2 Å². The van der Waals surface area contributed by atoms with Gasteiger partial charge in [-0.05, 0) is 56.0 Å². The van der Waals surface area contributed by atoms with Gasteiger partial charge in [-0.1, -0.05) is 35.9 Å². The highest BCUT2D eigenvalue weighted by Crippen LogP contribution is 2.37. The lowest BCUT2D eigenvalue weighted by Gasteiger charge is -2.17. The Balaban J connectivity index is 1.97. The molecule has 0 radical (unpaired) electrons. The van der Waals surface area contributed by atoms with E-state index in [-0.39, 0.29) is 11.6 Å². The molecule has 1 atom stereocenters. The second-order valence-electron chi connectivity index (χ2n) is 6.74. The van der Waals surface area contributed by atoms with E-state index in [1.807, 2.05) is 0 Å². The topological polar surface area (TPSA) is 35.2 Å². The molecule has 1 heterocycles. The standard InChI is InChI=1S/C19H23NO/c1-12-5-6-13(2)16(9-12)18(20)14-7-8-17-15(10-14)11-19(3,4)21-17/h5-10,18H,11,20H2,1-4H3. The highest BCUT2D eigenvalue weighted by molar-refractivity contribution is 5.46. The molecule has 3 rings (SSSR count). The third-order valence-corrected chi connectivity index (χ3v) is 4.22. The van der Waals surface area contributed by atoms with Crippen LogP contribution in [0.1, 0.15) is 47.7 Å². The minimum Gasteiger partial charge on any atom is -0.487 e. The summed E-state index contributed by atoms with van der Waals surface area (Å²) in [6, 6.07) is 12.7. The minimum absolute atomic E-state index is 0.0843. The summed E-state index contributed by atoms with van der Waals surface area (Å²) in [5.74, 6) is 0.997. The summed E-state index contributed by atoms with van der Waals surface area (Å²) in [7, 11) is 0. The van der Waals surface area contributed by atoms with Gasteiger partial charge in [0.25, 0.3) is 0 Å². The average Bonchev–Trinajstić information content (AvgIpc) is 2.73. The quantitative estimate of drug-likeness (QED) is 0.900. The van der Waals surface area contributed by atoms with Gasteiger partial charge in [-0.2, -0.15) is 0 Å². The van der Waals surface area contributed by atoms with Crippen LogP contribution in [0, 0.1) is 13.8 Å². The Bertz CT molecular complexity index is 688. The molecule has 21 heavy (non-hydrogen) atoms. The Morgan fingerprint density at radius 1 is 1.10 bits per heavy atom. The summed E-state index contributed by atoms with van der Waals surface area (Å²) >= 11 is 0. The molecule has 0 saturated heterocycles. The van der Waals surface area contributed by atoms with Gasteiger partial charge in [0.2, 0.25) is 0 Å². The number of hydrogen-bond donors (Lipinski definition) is 1. The molecule has 0 spiro atoms. The maximum Gasteiger partial charge on any atom is 0.123 e. The number of hydrogen-bond acceptors (Lipinski definition) is 2. The predicted molar refractivity (Wildman–Crippen MR) is 86.8 cm³/mol. The lowest BCUT2D eigenvalue weighted by molar-refractivity contribution is 0.138.